The van der Waals surface area contributed by atoms with Gasteiger partial charge in [-0.3, -0.25) is 4.79 Å². The molecule has 0 spiro atoms. The quantitative estimate of drug-likeness (QED) is 0.777. The van der Waals surface area contributed by atoms with Crippen LogP contribution in [0.15, 0.2) is 12.5 Å². The van der Waals surface area contributed by atoms with Crippen LogP contribution in [0.1, 0.15) is 23.8 Å². The van der Waals surface area contributed by atoms with E-state index in [-0.39, 0.29) is 12.0 Å². The summed E-state index contributed by atoms with van der Waals surface area (Å²) in [6.07, 6.45) is 3.34. The Morgan fingerprint density at radius 3 is 2.87 bits per heavy atom. The number of hydrogen-bond donors (Lipinski definition) is 1. The molecule has 0 bridgehead atoms. The van der Waals surface area contributed by atoms with Gasteiger partial charge in [0.05, 0.1) is 18.6 Å². The smallest absolute Gasteiger partial charge is 0.271 e. The molecule has 1 N–H and O–H groups in total. The third-order valence-corrected chi connectivity index (χ3v) is 2.26. The van der Waals surface area contributed by atoms with Gasteiger partial charge in [-0.15, -0.1) is 0 Å². The Morgan fingerprint density at radius 2 is 2.40 bits per heavy atom. The molecule has 5 nitrogen and oxygen atoms in total. The molecular formula is C10H17N3O2. The molecule has 15 heavy (non-hydrogen) atoms. The van der Waals surface area contributed by atoms with E-state index in [9.17, 15) is 4.79 Å². The first-order valence-electron chi connectivity index (χ1n) is 4.92. The number of hydrogen-bond acceptors (Lipinski definition) is 3. The van der Waals surface area contributed by atoms with Gasteiger partial charge in [-0.1, -0.05) is 0 Å². The number of aromatic nitrogens is 2. The van der Waals surface area contributed by atoms with Crippen molar-refractivity contribution in [2.75, 3.05) is 13.6 Å². The Bertz CT molecular complexity index is 333. The van der Waals surface area contributed by atoms with Gasteiger partial charge < -0.3 is 14.6 Å². The van der Waals surface area contributed by atoms with Crippen molar-refractivity contribution in [3.8, 4) is 0 Å². The minimum Gasteiger partial charge on any atom is -0.393 e. The minimum absolute atomic E-state index is 0.0735. The monoisotopic (exact) mass is 211 g/mol. The second-order valence-corrected chi connectivity index (χ2v) is 3.75. The van der Waals surface area contributed by atoms with Crippen molar-refractivity contribution in [2.45, 2.75) is 19.4 Å². The molecule has 0 aliphatic carbocycles. The molecule has 1 heterocycles. The molecule has 1 amide bonds. The van der Waals surface area contributed by atoms with Crippen LogP contribution in [0.25, 0.3) is 0 Å². The SMILES string of the molecule is CC(O)CCN(C)C(=O)c1cncn1C. The summed E-state index contributed by atoms with van der Waals surface area (Å²) in [6, 6.07) is 0. The summed E-state index contributed by atoms with van der Waals surface area (Å²) in [5.41, 5.74) is 0.558. The van der Waals surface area contributed by atoms with Crippen molar-refractivity contribution in [3.63, 3.8) is 0 Å². The van der Waals surface area contributed by atoms with Crippen LogP contribution in [0.4, 0.5) is 0 Å². The molecule has 0 saturated carbocycles. The summed E-state index contributed by atoms with van der Waals surface area (Å²) >= 11 is 0. The third kappa shape index (κ3) is 3.06. The zero-order valence-electron chi connectivity index (χ0n) is 9.34. The Kier molecular flexibility index (Phi) is 3.85. The molecule has 1 aromatic rings. The van der Waals surface area contributed by atoms with Gasteiger partial charge in [0.15, 0.2) is 0 Å². The lowest BCUT2D eigenvalue weighted by Gasteiger charge is -2.17. The molecule has 0 aromatic carbocycles. The number of nitrogens with zero attached hydrogens (tertiary/aromatic N) is 3. The Labute approximate surface area is 89.3 Å². The topological polar surface area (TPSA) is 58.4 Å². The molecule has 0 radical (unpaired) electrons. The van der Waals surface area contributed by atoms with Gasteiger partial charge in [0.2, 0.25) is 0 Å². The molecule has 1 atom stereocenters. The van der Waals surface area contributed by atoms with Crippen molar-refractivity contribution in [1.82, 2.24) is 14.5 Å². The molecule has 0 aliphatic rings. The number of aryl methyl sites for hydroxylation is 1. The highest BCUT2D eigenvalue weighted by Crippen LogP contribution is 2.03. The maximum absolute atomic E-state index is 11.8. The number of rotatable bonds is 4. The van der Waals surface area contributed by atoms with E-state index in [1.165, 1.54) is 0 Å². The van der Waals surface area contributed by atoms with Crippen LogP contribution in [0, 0.1) is 0 Å². The fourth-order valence-electron chi connectivity index (χ4n) is 1.24. The Balaban J connectivity index is 2.57. The van der Waals surface area contributed by atoms with Gasteiger partial charge in [0, 0.05) is 20.6 Å². The molecule has 0 aliphatic heterocycles. The van der Waals surface area contributed by atoms with E-state index in [1.807, 2.05) is 0 Å². The summed E-state index contributed by atoms with van der Waals surface area (Å²) in [6.45, 7) is 2.25. The van der Waals surface area contributed by atoms with Crippen LogP contribution >= 0.6 is 0 Å². The molecule has 0 saturated heterocycles. The first-order valence-corrected chi connectivity index (χ1v) is 4.92. The molecule has 1 aromatic heterocycles. The standard InChI is InChI=1S/C10H17N3O2/c1-8(14)4-5-12(2)10(15)9-6-11-7-13(9)3/h6-8,14H,4-5H2,1-3H3. The van der Waals surface area contributed by atoms with Crippen molar-refractivity contribution in [2.24, 2.45) is 7.05 Å². The number of aliphatic hydroxyl groups is 1. The Hall–Kier alpha value is -1.36. The van der Waals surface area contributed by atoms with E-state index in [1.54, 1.807) is 43.0 Å². The highest BCUT2D eigenvalue weighted by Gasteiger charge is 2.14. The van der Waals surface area contributed by atoms with E-state index in [0.717, 1.165) is 0 Å². The van der Waals surface area contributed by atoms with E-state index < -0.39 is 0 Å². The van der Waals surface area contributed by atoms with Gasteiger partial charge in [-0.05, 0) is 13.3 Å². The summed E-state index contributed by atoms with van der Waals surface area (Å²) in [7, 11) is 3.50. The summed E-state index contributed by atoms with van der Waals surface area (Å²) in [5.74, 6) is -0.0735. The summed E-state index contributed by atoms with van der Waals surface area (Å²) in [4.78, 5) is 17.3. The summed E-state index contributed by atoms with van der Waals surface area (Å²) < 4.78 is 1.68. The first-order chi connectivity index (χ1) is 7.02. The maximum Gasteiger partial charge on any atom is 0.271 e. The second kappa shape index (κ2) is 4.93. The zero-order valence-corrected chi connectivity index (χ0v) is 9.34. The lowest BCUT2D eigenvalue weighted by Crippen LogP contribution is -2.30. The predicted octanol–water partition coefficient (Wildman–Crippen LogP) is 0.263. The van der Waals surface area contributed by atoms with Crippen molar-refractivity contribution < 1.29 is 9.90 Å². The third-order valence-electron chi connectivity index (χ3n) is 2.26. The lowest BCUT2D eigenvalue weighted by atomic mass is 10.2. The molecule has 5 heteroatoms. The zero-order chi connectivity index (χ0) is 11.4. The van der Waals surface area contributed by atoms with Gasteiger partial charge >= 0.3 is 0 Å². The number of carbonyl (C=O) groups is 1. The van der Waals surface area contributed by atoms with Crippen LogP contribution in [0.2, 0.25) is 0 Å². The summed E-state index contributed by atoms with van der Waals surface area (Å²) in [5, 5.41) is 9.11. The van der Waals surface area contributed by atoms with Gasteiger partial charge in [0.1, 0.15) is 5.69 Å². The molecule has 84 valence electrons. The molecule has 0 fully saturated rings. The fraction of sp³-hybridized carbons (Fsp3) is 0.600. The largest absolute Gasteiger partial charge is 0.393 e. The van der Waals surface area contributed by atoms with Gasteiger partial charge in [-0.2, -0.15) is 0 Å². The highest BCUT2D eigenvalue weighted by molar-refractivity contribution is 5.92. The average molecular weight is 211 g/mol. The first kappa shape index (κ1) is 11.7. The Morgan fingerprint density at radius 1 is 1.73 bits per heavy atom. The van der Waals surface area contributed by atoms with E-state index in [4.69, 9.17) is 5.11 Å². The maximum atomic E-state index is 11.8. The number of aliphatic hydroxyl groups excluding tert-OH is 1. The van der Waals surface area contributed by atoms with Crippen LogP contribution in [-0.4, -0.2) is 45.2 Å². The van der Waals surface area contributed by atoms with E-state index in [0.29, 0.717) is 18.7 Å². The average Bonchev–Trinajstić information content (AvgIpc) is 2.59. The lowest BCUT2D eigenvalue weighted by molar-refractivity contribution is 0.0759. The molecule has 1 rings (SSSR count). The van der Waals surface area contributed by atoms with Crippen LogP contribution in [0.5, 0.6) is 0 Å². The predicted molar refractivity (Wildman–Crippen MR) is 56.5 cm³/mol. The van der Waals surface area contributed by atoms with Crippen LogP contribution < -0.4 is 0 Å². The van der Waals surface area contributed by atoms with Crippen molar-refractivity contribution >= 4 is 5.91 Å². The molecule has 1 unspecified atom stereocenters. The van der Waals surface area contributed by atoms with Gasteiger partial charge in [0.25, 0.3) is 5.91 Å². The second-order valence-electron chi connectivity index (χ2n) is 3.75. The van der Waals surface area contributed by atoms with E-state index >= 15 is 0 Å². The van der Waals surface area contributed by atoms with E-state index in [2.05, 4.69) is 4.98 Å². The molecular weight excluding hydrogens is 194 g/mol. The van der Waals surface area contributed by atoms with Crippen molar-refractivity contribution in [1.29, 1.82) is 0 Å². The van der Waals surface area contributed by atoms with Crippen LogP contribution in [0.3, 0.4) is 0 Å². The highest BCUT2D eigenvalue weighted by atomic mass is 16.3. The normalized spacial score (nSPS) is 12.5. The van der Waals surface area contributed by atoms with Gasteiger partial charge in [-0.25, -0.2) is 4.98 Å². The minimum atomic E-state index is -0.383. The number of carbonyl (C=O) groups excluding carboxylic acids is 1. The number of amides is 1. The fourth-order valence-corrected chi connectivity index (χ4v) is 1.24. The number of imidazole rings is 1. The van der Waals surface area contributed by atoms with Crippen molar-refractivity contribution in [3.05, 3.63) is 18.2 Å². The van der Waals surface area contributed by atoms with Crippen LogP contribution in [-0.2, 0) is 7.05 Å².